The number of sulfonamides is 1. The highest BCUT2D eigenvalue weighted by Crippen LogP contribution is 2.22. The van der Waals surface area contributed by atoms with Gasteiger partial charge in [-0.3, -0.25) is 9.59 Å². The highest BCUT2D eigenvalue weighted by atomic mass is 32.2. The number of nitrogens with two attached hydrogens (primary N) is 1. The molecular weight excluding hydrogens is 478 g/mol. The van der Waals surface area contributed by atoms with Gasteiger partial charge in [-0.15, -0.1) is 0 Å². The number of methoxy groups -OCH3 is 1. The molecule has 0 aliphatic heterocycles. The first-order valence-electron chi connectivity index (χ1n) is 9.09. The van der Waals surface area contributed by atoms with Gasteiger partial charge in [-0.25, -0.2) is 22.0 Å². The number of nitrogens with zero attached hydrogens (tertiary/aromatic N) is 2. The standard InChI is InChI=1S/C19H19N3O7S3/c1-29-18(24)9-10-22-15-8-7-14(32(20,27)28)11-16(15)30-19(22)21-17(23)12-31(25,26)13-5-3-2-4-6-13/h2-8,11H,9-10,12H2,1H3,(H2,20,27,28). The minimum Gasteiger partial charge on any atom is -0.469 e. The Hall–Kier alpha value is -2.87. The van der Waals surface area contributed by atoms with E-state index in [1.807, 2.05) is 0 Å². The van der Waals surface area contributed by atoms with Gasteiger partial charge < -0.3 is 9.30 Å². The number of aryl methyl sites for hydroxylation is 1. The van der Waals surface area contributed by atoms with E-state index in [0.29, 0.717) is 10.2 Å². The summed E-state index contributed by atoms with van der Waals surface area (Å²) in [5.41, 5.74) is 0.503. The Balaban J connectivity index is 2.05. The smallest absolute Gasteiger partial charge is 0.307 e. The molecule has 0 unspecified atom stereocenters. The van der Waals surface area contributed by atoms with E-state index in [4.69, 9.17) is 5.14 Å². The second-order valence-electron chi connectivity index (χ2n) is 6.61. The maximum absolute atomic E-state index is 12.5. The number of thiazole rings is 1. The number of rotatable bonds is 7. The van der Waals surface area contributed by atoms with Gasteiger partial charge in [0.05, 0.1) is 33.5 Å². The Morgan fingerprint density at radius 3 is 2.38 bits per heavy atom. The average Bonchev–Trinajstić information content (AvgIpc) is 3.07. The minimum atomic E-state index is -3.96. The van der Waals surface area contributed by atoms with Crippen LogP contribution in [0.3, 0.4) is 0 Å². The van der Waals surface area contributed by atoms with Crippen molar-refractivity contribution in [1.82, 2.24) is 4.57 Å². The fraction of sp³-hybridized carbons (Fsp3) is 0.211. The monoisotopic (exact) mass is 497 g/mol. The van der Waals surface area contributed by atoms with Crippen LogP contribution in [-0.4, -0.2) is 46.1 Å². The van der Waals surface area contributed by atoms with Gasteiger partial charge in [-0.05, 0) is 30.3 Å². The average molecular weight is 498 g/mol. The summed E-state index contributed by atoms with van der Waals surface area (Å²) in [5, 5.41) is 5.18. The van der Waals surface area contributed by atoms with Gasteiger partial charge in [0.25, 0.3) is 5.91 Å². The molecule has 0 aliphatic carbocycles. The fourth-order valence-electron chi connectivity index (χ4n) is 2.85. The molecule has 1 amide bonds. The van der Waals surface area contributed by atoms with Crippen LogP contribution in [0, 0.1) is 0 Å². The van der Waals surface area contributed by atoms with Gasteiger partial charge in [-0.1, -0.05) is 29.5 Å². The number of carbonyl (C=O) groups is 2. The molecule has 1 aromatic heterocycles. The molecule has 2 aromatic carbocycles. The molecule has 1 heterocycles. The second-order valence-corrected chi connectivity index (χ2v) is 11.2. The van der Waals surface area contributed by atoms with Crippen LogP contribution >= 0.6 is 11.3 Å². The summed E-state index contributed by atoms with van der Waals surface area (Å²) in [6, 6.07) is 11.6. The zero-order valence-corrected chi connectivity index (χ0v) is 19.2. The maximum Gasteiger partial charge on any atom is 0.307 e. The molecule has 0 atom stereocenters. The van der Waals surface area contributed by atoms with Crippen molar-refractivity contribution in [3.63, 3.8) is 0 Å². The molecule has 32 heavy (non-hydrogen) atoms. The van der Waals surface area contributed by atoms with E-state index in [1.165, 1.54) is 42.0 Å². The summed E-state index contributed by atoms with van der Waals surface area (Å²) in [7, 11) is -6.62. The van der Waals surface area contributed by atoms with Crippen LogP contribution in [0.5, 0.6) is 0 Å². The van der Waals surface area contributed by atoms with Gasteiger partial charge in [-0.2, -0.15) is 4.99 Å². The number of amides is 1. The van der Waals surface area contributed by atoms with Crippen LogP contribution in [0.2, 0.25) is 0 Å². The SMILES string of the molecule is COC(=O)CCn1c(=NC(=O)CS(=O)(=O)c2ccccc2)sc2cc(S(N)(=O)=O)ccc21. The largest absolute Gasteiger partial charge is 0.469 e. The molecule has 0 radical (unpaired) electrons. The number of hydrogen-bond acceptors (Lipinski definition) is 8. The van der Waals surface area contributed by atoms with Crippen LogP contribution in [-0.2, 0) is 40.7 Å². The third-order valence-electron chi connectivity index (χ3n) is 4.39. The normalized spacial score (nSPS) is 12.8. The first kappa shape index (κ1) is 23.8. The molecule has 2 N–H and O–H groups in total. The lowest BCUT2D eigenvalue weighted by Crippen LogP contribution is -2.22. The van der Waals surface area contributed by atoms with E-state index in [9.17, 15) is 26.4 Å². The molecule has 0 bridgehead atoms. The molecule has 0 fully saturated rings. The maximum atomic E-state index is 12.5. The van der Waals surface area contributed by atoms with Crippen LogP contribution in [0.25, 0.3) is 10.2 Å². The van der Waals surface area contributed by atoms with Crippen molar-refractivity contribution in [1.29, 1.82) is 0 Å². The van der Waals surface area contributed by atoms with Gasteiger partial charge in [0.15, 0.2) is 14.6 Å². The molecule has 3 aromatic rings. The van der Waals surface area contributed by atoms with E-state index < -0.39 is 37.5 Å². The predicted octanol–water partition coefficient (Wildman–Crippen LogP) is 0.815. The van der Waals surface area contributed by atoms with E-state index in [1.54, 1.807) is 18.2 Å². The molecular formula is C19H19N3O7S3. The molecule has 0 spiro atoms. The third kappa shape index (κ3) is 5.48. The van der Waals surface area contributed by atoms with Gasteiger partial charge >= 0.3 is 5.97 Å². The van der Waals surface area contributed by atoms with Gasteiger partial charge in [0.2, 0.25) is 10.0 Å². The van der Waals surface area contributed by atoms with Crippen LogP contribution in [0.15, 0.2) is 63.3 Å². The van der Waals surface area contributed by atoms with E-state index in [0.717, 1.165) is 11.3 Å². The zero-order valence-electron chi connectivity index (χ0n) is 16.8. The molecule has 0 aliphatic rings. The van der Waals surface area contributed by atoms with Crippen molar-refractivity contribution in [2.24, 2.45) is 10.1 Å². The number of ether oxygens (including phenoxy) is 1. The molecule has 3 rings (SSSR count). The number of aromatic nitrogens is 1. The van der Waals surface area contributed by atoms with Crippen molar-refractivity contribution < 1.29 is 31.2 Å². The Kier molecular flexibility index (Phi) is 6.93. The molecule has 13 heteroatoms. The van der Waals surface area contributed by atoms with Crippen molar-refractivity contribution in [3.8, 4) is 0 Å². The third-order valence-corrected chi connectivity index (χ3v) is 7.96. The summed E-state index contributed by atoms with van der Waals surface area (Å²) in [6.07, 6.45) is -0.0387. The zero-order chi connectivity index (χ0) is 23.5. The Morgan fingerprint density at radius 2 is 1.75 bits per heavy atom. The topological polar surface area (TPSA) is 155 Å². The number of hydrogen-bond donors (Lipinski definition) is 1. The Morgan fingerprint density at radius 1 is 1.06 bits per heavy atom. The number of fused-ring (bicyclic) bond motifs is 1. The minimum absolute atomic E-state index is 0.00347. The van der Waals surface area contributed by atoms with E-state index in [-0.39, 0.29) is 27.6 Å². The second kappa shape index (κ2) is 9.32. The van der Waals surface area contributed by atoms with Crippen LogP contribution in [0.1, 0.15) is 6.42 Å². The first-order valence-corrected chi connectivity index (χ1v) is 13.1. The van der Waals surface area contributed by atoms with E-state index in [2.05, 4.69) is 9.73 Å². The van der Waals surface area contributed by atoms with Crippen LogP contribution < -0.4 is 9.94 Å². The number of esters is 1. The molecule has 10 nitrogen and oxygen atoms in total. The summed E-state index contributed by atoms with van der Waals surface area (Å²) in [4.78, 5) is 28.0. The number of sulfone groups is 1. The summed E-state index contributed by atoms with van der Waals surface area (Å²) in [6.45, 7) is 0.0823. The lowest BCUT2D eigenvalue weighted by molar-refractivity contribution is -0.140. The van der Waals surface area contributed by atoms with Crippen molar-refractivity contribution in [2.75, 3.05) is 12.9 Å². The first-order chi connectivity index (χ1) is 15.0. The quantitative estimate of drug-likeness (QED) is 0.474. The van der Waals surface area contributed by atoms with Crippen LogP contribution in [0.4, 0.5) is 0 Å². The fourth-order valence-corrected chi connectivity index (χ4v) is 5.71. The summed E-state index contributed by atoms with van der Waals surface area (Å²) < 4.78 is 54.9. The summed E-state index contributed by atoms with van der Waals surface area (Å²) >= 11 is 0.972. The molecule has 0 saturated carbocycles. The number of benzene rings is 2. The number of primary sulfonamides is 1. The van der Waals surface area contributed by atoms with Gasteiger partial charge in [0, 0.05) is 6.54 Å². The molecule has 0 saturated heterocycles. The van der Waals surface area contributed by atoms with Crippen molar-refractivity contribution in [2.45, 2.75) is 22.8 Å². The Bertz CT molecular complexity index is 1450. The van der Waals surface area contributed by atoms with E-state index >= 15 is 0 Å². The lowest BCUT2D eigenvalue weighted by Gasteiger charge is -2.05. The van der Waals surface area contributed by atoms with Crippen molar-refractivity contribution in [3.05, 3.63) is 53.3 Å². The lowest BCUT2D eigenvalue weighted by atomic mass is 10.3. The number of carbonyl (C=O) groups excluding carboxylic acids is 2. The summed E-state index contributed by atoms with van der Waals surface area (Å²) in [5.74, 6) is -2.24. The molecule has 170 valence electrons. The van der Waals surface area contributed by atoms with Crippen molar-refractivity contribution >= 4 is 53.3 Å². The highest BCUT2D eigenvalue weighted by Gasteiger charge is 2.20. The highest BCUT2D eigenvalue weighted by molar-refractivity contribution is 7.92. The van der Waals surface area contributed by atoms with Gasteiger partial charge in [0.1, 0.15) is 5.75 Å². The Labute approximate surface area is 187 Å². The predicted molar refractivity (Wildman–Crippen MR) is 117 cm³/mol.